The topological polar surface area (TPSA) is 113 Å². The smallest absolute Gasteiger partial charge is 0.437 e. The first-order chi connectivity index (χ1) is 22.9. The van der Waals surface area contributed by atoms with E-state index in [2.05, 4.69) is 15.3 Å². The average molecular weight is 673 g/mol. The molecular formula is C37H38ClFN4O5. The molecule has 48 heavy (non-hydrogen) atoms. The highest BCUT2D eigenvalue weighted by molar-refractivity contribution is 6.33. The third-order valence-electron chi connectivity index (χ3n) is 8.10. The van der Waals surface area contributed by atoms with Crippen LogP contribution in [0.1, 0.15) is 55.5 Å². The Bertz CT molecular complexity index is 1850. The fourth-order valence-corrected chi connectivity index (χ4v) is 6.22. The average Bonchev–Trinajstić information content (AvgIpc) is 3.31. The minimum Gasteiger partial charge on any atom is -0.497 e. The van der Waals surface area contributed by atoms with E-state index in [9.17, 15) is 14.7 Å². The summed E-state index contributed by atoms with van der Waals surface area (Å²) < 4.78 is 26.6. The number of guanidine groups is 1. The maximum Gasteiger partial charge on any atom is 0.437 e. The number of ether oxygens (including phenoxy) is 2. The number of carbonyl (C=O) groups is 2. The molecule has 0 unspecified atom stereocenters. The first-order valence-electron chi connectivity index (χ1n) is 15.4. The SMILES string of the molecule is COc1ccc([C@@]2(CC(C)(C)C)NC(=NC(=O)OCc3ccccc3)N([C@H](CO)c3ccc(Cl)c(-c4ncccc4C)c3)C2=O)c(F)c1. The summed E-state index contributed by atoms with van der Waals surface area (Å²) >= 11 is 6.63. The van der Waals surface area contributed by atoms with Crippen LogP contribution in [-0.4, -0.2) is 46.7 Å². The summed E-state index contributed by atoms with van der Waals surface area (Å²) in [6.07, 6.45) is 0.783. The van der Waals surface area contributed by atoms with Crippen molar-refractivity contribution in [2.24, 2.45) is 10.4 Å². The molecule has 1 aliphatic heterocycles. The Kier molecular flexibility index (Phi) is 10.2. The van der Waals surface area contributed by atoms with Crippen LogP contribution in [0.4, 0.5) is 9.18 Å². The number of aliphatic hydroxyl groups is 1. The number of methoxy groups -OCH3 is 1. The van der Waals surface area contributed by atoms with Gasteiger partial charge >= 0.3 is 6.09 Å². The van der Waals surface area contributed by atoms with Gasteiger partial charge in [0.15, 0.2) is 0 Å². The van der Waals surface area contributed by atoms with Crippen molar-refractivity contribution in [2.75, 3.05) is 13.7 Å². The predicted molar refractivity (Wildman–Crippen MR) is 182 cm³/mol. The molecule has 4 aromatic rings. The first-order valence-corrected chi connectivity index (χ1v) is 15.8. The normalized spacial score (nSPS) is 17.7. The standard InChI is InChI=1S/C37H38ClFN4O5/c1-23-10-9-17-40-32(23)27-18-25(13-16-29(27)38)31(20-44)43-33(45)37(22-36(2,3)4,28-15-14-26(47-5)19-30(28)39)42-34(43)41-35(46)48-21-24-11-7-6-8-12-24/h6-19,31,44H,20-22H2,1-5H3,(H,41,42,46)/t31-,37-/m1/s1. The number of aliphatic imine (C=N–C) groups is 1. The van der Waals surface area contributed by atoms with E-state index in [1.807, 2.05) is 58.0 Å². The lowest BCUT2D eigenvalue weighted by molar-refractivity contribution is -0.135. The highest BCUT2D eigenvalue weighted by Crippen LogP contribution is 2.44. The van der Waals surface area contributed by atoms with Crippen molar-refractivity contribution in [3.05, 3.63) is 118 Å². The van der Waals surface area contributed by atoms with E-state index < -0.39 is 41.4 Å². The van der Waals surface area contributed by atoms with E-state index in [1.165, 1.54) is 24.1 Å². The van der Waals surface area contributed by atoms with Crippen LogP contribution in [0.2, 0.25) is 5.02 Å². The Hall–Kier alpha value is -4.80. The van der Waals surface area contributed by atoms with Gasteiger partial charge < -0.3 is 19.9 Å². The molecular weight excluding hydrogens is 635 g/mol. The van der Waals surface area contributed by atoms with Gasteiger partial charge in [-0.1, -0.05) is 74.8 Å². The molecule has 3 aromatic carbocycles. The quantitative estimate of drug-likeness (QED) is 0.191. The summed E-state index contributed by atoms with van der Waals surface area (Å²) in [7, 11) is 1.42. The summed E-state index contributed by atoms with van der Waals surface area (Å²) in [6, 6.07) is 21.1. The summed E-state index contributed by atoms with van der Waals surface area (Å²) in [5.74, 6) is -1.22. The molecule has 5 rings (SSSR count). The van der Waals surface area contributed by atoms with Gasteiger partial charge in [0.25, 0.3) is 5.91 Å². The second-order valence-electron chi connectivity index (χ2n) is 12.9. The number of amides is 2. The zero-order valence-corrected chi connectivity index (χ0v) is 28.2. The molecule has 0 spiro atoms. The van der Waals surface area contributed by atoms with Gasteiger partial charge in [-0.25, -0.2) is 9.18 Å². The zero-order chi connectivity index (χ0) is 34.6. The Balaban J connectivity index is 1.65. The summed E-state index contributed by atoms with van der Waals surface area (Å²) in [5, 5.41) is 14.5. The second-order valence-corrected chi connectivity index (χ2v) is 13.3. The molecule has 1 fully saturated rings. The molecule has 0 bridgehead atoms. The number of nitrogens with one attached hydrogen (secondary N) is 1. The van der Waals surface area contributed by atoms with Gasteiger partial charge in [-0.05, 0) is 65.8 Å². The second kappa shape index (κ2) is 14.1. The van der Waals surface area contributed by atoms with Crippen LogP contribution >= 0.6 is 11.6 Å². The van der Waals surface area contributed by atoms with Crippen LogP contribution in [0.3, 0.4) is 0 Å². The lowest BCUT2D eigenvalue weighted by Crippen LogP contribution is -2.47. The van der Waals surface area contributed by atoms with Gasteiger partial charge in [0.05, 0.1) is 25.5 Å². The van der Waals surface area contributed by atoms with Crippen molar-refractivity contribution in [3.63, 3.8) is 0 Å². The minimum absolute atomic E-state index is 0.0358. The molecule has 1 aromatic heterocycles. The van der Waals surface area contributed by atoms with Gasteiger partial charge in [0.1, 0.15) is 23.7 Å². The molecule has 1 saturated heterocycles. The number of pyridine rings is 1. The number of rotatable bonds is 9. The van der Waals surface area contributed by atoms with Crippen molar-refractivity contribution in [1.82, 2.24) is 15.2 Å². The molecule has 2 atom stereocenters. The van der Waals surface area contributed by atoms with Crippen LogP contribution in [-0.2, 0) is 21.7 Å². The molecule has 0 aliphatic carbocycles. The molecule has 2 N–H and O–H groups in total. The van der Waals surface area contributed by atoms with E-state index in [4.69, 9.17) is 21.1 Å². The molecule has 250 valence electrons. The molecule has 0 radical (unpaired) electrons. The molecule has 9 nitrogen and oxygen atoms in total. The maximum absolute atomic E-state index is 15.9. The van der Waals surface area contributed by atoms with Gasteiger partial charge in [-0.2, -0.15) is 0 Å². The van der Waals surface area contributed by atoms with E-state index in [1.54, 1.807) is 42.6 Å². The van der Waals surface area contributed by atoms with Crippen molar-refractivity contribution in [2.45, 2.75) is 52.3 Å². The number of aryl methyl sites for hydroxylation is 1. The minimum atomic E-state index is -1.71. The van der Waals surface area contributed by atoms with Gasteiger partial charge in [-0.3, -0.25) is 14.7 Å². The number of benzene rings is 3. The summed E-state index contributed by atoms with van der Waals surface area (Å²) in [6.45, 7) is 7.04. The molecule has 2 amide bonds. The van der Waals surface area contributed by atoms with Crippen LogP contribution in [0.5, 0.6) is 5.75 Å². The van der Waals surface area contributed by atoms with E-state index in [0.717, 1.165) is 11.1 Å². The van der Waals surface area contributed by atoms with E-state index in [-0.39, 0.29) is 30.3 Å². The Morgan fingerprint density at radius 2 is 1.85 bits per heavy atom. The Morgan fingerprint density at radius 3 is 2.50 bits per heavy atom. The van der Waals surface area contributed by atoms with Gasteiger partial charge in [0, 0.05) is 28.4 Å². The van der Waals surface area contributed by atoms with E-state index >= 15 is 4.39 Å². The highest BCUT2D eigenvalue weighted by Gasteiger charge is 2.56. The van der Waals surface area contributed by atoms with Crippen molar-refractivity contribution in [1.29, 1.82) is 0 Å². The lowest BCUT2D eigenvalue weighted by Gasteiger charge is -2.35. The number of halogens is 2. The van der Waals surface area contributed by atoms with E-state index in [0.29, 0.717) is 21.8 Å². The van der Waals surface area contributed by atoms with Crippen LogP contribution in [0, 0.1) is 18.2 Å². The van der Waals surface area contributed by atoms with Gasteiger partial charge in [-0.15, -0.1) is 4.99 Å². The zero-order valence-electron chi connectivity index (χ0n) is 27.5. The molecule has 0 saturated carbocycles. The fourth-order valence-electron chi connectivity index (χ4n) is 6.01. The Labute approximate surface area is 284 Å². The number of aromatic nitrogens is 1. The summed E-state index contributed by atoms with van der Waals surface area (Å²) in [4.78, 5) is 38.0. The molecule has 2 heterocycles. The number of nitrogens with zero attached hydrogens (tertiary/aromatic N) is 3. The predicted octanol–water partition coefficient (Wildman–Crippen LogP) is 7.35. The van der Waals surface area contributed by atoms with Crippen LogP contribution in [0.25, 0.3) is 11.3 Å². The fraction of sp³-hybridized carbons (Fsp3) is 0.297. The monoisotopic (exact) mass is 672 g/mol. The molecule has 1 aliphatic rings. The third-order valence-corrected chi connectivity index (χ3v) is 8.43. The number of hydrogen-bond acceptors (Lipinski definition) is 6. The van der Waals surface area contributed by atoms with Crippen LogP contribution < -0.4 is 10.1 Å². The number of hydrogen-bond donors (Lipinski definition) is 2. The molecule has 11 heteroatoms. The lowest BCUT2D eigenvalue weighted by atomic mass is 9.75. The van der Waals surface area contributed by atoms with Gasteiger partial charge in [0.2, 0.25) is 5.96 Å². The Morgan fingerprint density at radius 1 is 1.10 bits per heavy atom. The first kappa shape index (κ1) is 34.5. The summed E-state index contributed by atoms with van der Waals surface area (Å²) in [5.41, 5.74) is 1.13. The highest BCUT2D eigenvalue weighted by atomic mass is 35.5. The van der Waals surface area contributed by atoms with Crippen molar-refractivity contribution in [3.8, 4) is 17.0 Å². The third kappa shape index (κ3) is 7.19. The maximum atomic E-state index is 15.9. The van der Waals surface area contributed by atoms with Crippen LogP contribution in [0.15, 0.2) is 90.1 Å². The van der Waals surface area contributed by atoms with Crippen molar-refractivity contribution < 1.29 is 28.6 Å². The largest absolute Gasteiger partial charge is 0.497 e. The number of carbonyl (C=O) groups excluding carboxylic acids is 2. The number of aliphatic hydroxyl groups excluding tert-OH is 1. The van der Waals surface area contributed by atoms with Crippen molar-refractivity contribution >= 4 is 29.6 Å².